The van der Waals surface area contributed by atoms with Gasteiger partial charge in [-0.1, -0.05) is 43.3 Å². The molecular formula is C24H29NO6. The van der Waals surface area contributed by atoms with Crippen LogP contribution in [0.25, 0.3) is 0 Å². The molecule has 7 nitrogen and oxygen atoms in total. The van der Waals surface area contributed by atoms with Gasteiger partial charge in [-0.05, 0) is 30.2 Å². The first-order valence-electron chi connectivity index (χ1n) is 10.2. The zero-order chi connectivity index (χ0) is 22.6. The minimum absolute atomic E-state index is 0.203. The number of hydrogen-bond donors (Lipinski definition) is 1. The van der Waals surface area contributed by atoms with Crippen LogP contribution in [-0.2, 0) is 20.9 Å². The molecule has 0 unspecified atom stereocenters. The number of likely N-dealkylation sites (tertiary alicyclic amines) is 1. The first-order chi connectivity index (χ1) is 14.8. The van der Waals surface area contributed by atoms with Crippen LogP contribution in [-0.4, -0.2) is 55.3 Å². The number of nitrogens with zero attached hydrogens (tertiary/aromatic N) is 1. The van der Waals surface area contributed by atoms with Gasteiger partial charge in [0.1, 0.15) is 6.61 Å². The summed E-state index contributed by atoms with van der Waals surface area (Å²) >= 11 is 0. The number of rotatable bonds is 6. The zero-order valence-electron chi connectivity index (χ0n) is 18.3. The van der Waals surface area contributed by atoms with E-state index < -0.39 is 23.4 Å². The summed E-state index contributed by atoms with van der Waals surface area (Å²) in [5, 5.41) is 10.6. The summed E-state index contributed by atoms with van der Waals surface area (Å²) in [4.78, 5) is 25.6. The Labute approximate surface area is 182 Å². The van der Waals surface area contributed by atoms with Gasteiger partial charge in [0, 0.05) is 24.4 Å². The minimum Gasteiger partial charge on any atom is -0.493 e. The van der Waals surface area contributed by atoms with Gasteiger partial charge in [-0.15, -0.1) is 0 Å². The molecule has 0 aliphatic carbocycles. The number of benzene rings is 2. The summed E-state index contributed by atoms with van der Waals surface area (Å²) in [5.41, 5.74) is 1.28. The molecule has 0 radical (unpaired) electrons. The Morgan fingerprint density at radius 3 is 2.48 bits per heavy atom. The van der Waals surface area contributed by atoms with Gasteiger partial charge in [0.15, 0.2) is 11.5 Å². The summed E-state index contributed by atoms with van der Waals surface area (Å²) in [6.45, 7) is 4.54. The molecule has 3 atom stereocenters. The fraction of sp³-hybridized carbons (Fsp3) is 0.417. The predicted molar refractivity (Wildman–Crippen MR) is 115 cm³/mol. The van der Waals surface area contributed by atoms with Crippen LogP contribution in [0, 0.1) is 5.41 Å². The van der Waals surface area contributed by atoms with Crippen LogP contribution < -0.4 is 9.47 Å². The highest BCUT2D eigenvalue weighted by Crippen LogP contribution is 2.47. The molecule has 0 saturated carbocycles. The molecule has 1 N–H and O–H groups in total. The number of ether oxygens (including phenoxy) is 3. The van der Waals surface area contributed by atoms with Crippen LogP contribution in [0.3, 0.4) is 0 Å². The van der Waals surface area contributed by atoms with Gasteiger partial charge in [-0.2, -0.15) is 0 Å². The Hall–Kier alpha value is -3.06. The molecular weight excluding hydrogens is 398 g/mol. The second kappa shape index (κ2) is 9.39. The second-order valence-corrected chi connectivity index (χ2v) is 8.10. The fourth-order valence-electron chi connectivity index (χ4n) is 4.05. The van der Waals surface area contributed by atoms with E-state index in [-0.39, 0.29) is 12.5 Å². The minimum atomic E-state index is -0.907. The number of esters is 1. The van der Waals surface area contributed by atoms with Gasteiger partial charge >= 0.3 is 11.9 Å². The zero-order valence-corrected chi connectivity index (χ0v) is 18.3. The van der Waals surface area contributed by atoms with Gasteiger partial charge in [0.05, 0.1) is 20.3 Å². The van der Waals surface area contributed by atoms with Crippen molar-refractivity contribution in [2.45, 2.75) is 32.5 Å². The average Bonchev–Trinajstić information content (AvgIpc) is 3.16. The van der Waals surface area contributed by atoms with Gasteiger partial charge in [-0.25, -0.2) is 4.79 Å². The molecule has 1 aliphatic heterocycles. The van der Waals surface area contributed by atoms with Crippen molar-refractivity contribution in [1.29, 1.82) is 0 Å². The van der Waals surface area contributed by atoms with Crippen LogP contribution >= 0.6 is 0 Å². The molecule has 0 bridgehead atoms. The van der Waals surface area contributed by atoms with Crippen molar-refractivity contribution in [1.82, 2.24) is 4.90 Å². The van der Waals surface area contributed by atoms with E-state index in [1.54, 1.807) is 14.0 Å². The number of methoxy groups -OCH3 is 2. The quantitative estimate of drug-likeness (QED) is 0.564. The van der Waals surface area contributed by atoms with Gasteiger partial charge in [0.2, 0.25) is 0 Å². The fourth-order valence-corrected chi connectivity index (χ4v) is 4.05. The number of amides is 1. The highest BCUT2D eigenvalue weighted by atomic mass is 16.5. The molecule has 1 amide bonds. The number of carbonyl (C=O) groups is 2. The topological polar surface area (TPSA) is 85.3 Å². The molecule has 1 saturated heterocycles. The Balaban J connectivity index is 1.90. The van der Waals surface area contributed by atoms with Crippen LogP contribution in [0.15, 0.2) is 48.5 Å². The highest BCUT2D eigenvalue weighted by Gasteiger charge is 2.49. The molecule has 7 heteroatoms. The predicted octanol–water partition coefficient (Wildman–Crippen LogP) is 2.76. The van der Waals surface area contributed by atoms with E-state index in [0.29, 0.717) is 24.7 Å². The third-order valence-electron chi connectivity index (χ3n) is 6.16. The van der Waals surface area contributed by atoms with Crippen molar-refractivity contribution in [3.05, 3.63) is 59.7 Å². The molecule has 1 heterocycles. The lowest BCUT2D eigenvalue weighted by atomic mass is 9.72. The average molecular weight is 427 g/mol. The number of aliphatic hydroxyl groups excluding tert-OH is 1. The standard InChI is InChI=1S/C24H29NO6/c1-16(26)24(2)15-25(22(27)23(28)30-4)13-19(24)18-10-11-20(29-3)21(12-18)31-14-17-8-6-5-7-9-17/h5-12,16,19,26H,13-15H2,1-4H3/t16-,19+,24+/m1/s1. The Morgan fingerprint density at radius 2 is 1.87 bits per heavy atom. The summed E-state index contributed by atoms with van der Waals surface area (Å²) in [7, 11) is 2.76. The first-order valence-corrected chi connectivity index (χ1v) is 10.2. The smallest absolute Gasteiger partial charge is 0.396 e. The van der Waals surface area contributed by atoms with Crippen molar-refractivity contribution in [3.63, 3.8) is 0 Å². The van der Waals surface area contributed by atoms with Gasteiger partial charge < -0.3 is 24.2 Å². The van der Waals surface area contributed by atoms with E-state index >= 15 is 0 Å². The van der Waals surface area contributed by atoms with E-state index in [0.717, 1.165) is 11.1 Å². The third-order valence-corrected chi connectivity index (χ3v) is 6.16. The van der Waals surface area contributed by atoms with Crippen molar-refractivity contribution >= 4 is 11.9 Å². The first kappa shape index (κ1) is 22.6. The van der Waals surface area contributed by atoms with Crippen LogP contribution in [0.2, 0.25) is 0 Å². The van der Waals surface area contributed by atoms with E-state index in [1.165, 1.54) is 12.0 Å². The van der Waals surface area contributed by atoms with E-state index in [4.69, 9.17) is 9.47 Å². The van der Waals surface area contributed by atoms with Crippen molar-refractivity contribution in [2.24, 2.45) is 5.41 Å². The summed E-state index contributed by atoms with van der Waals surface area (Å²) in [6.07, 6.45) is -0.705. The Bertz CT molecular complexity index is 929. The Morgan fingerprint density at radius 1 is 1.16 bits per heavy atom. The SMILES string of the molecule is COC(=O)C(=O)N1C[C@@H](c2ccc(OC)c(OCc3ccccc3)c2)[C@](C)([C@@H](C)O)C1. The molecule has 3 rings (SSSR count). The second-order valence-electron chi connectivity index (χ2n) is 8.10. The van der Waals surface area contributed by atoms with E-state index in [1.807, 2.05) is 55.5 Å². The lowest BCUT2D eigenvalue weighted by Gasteiger charge is -2.33. The lowest BCUT2D eigenvalue weighted by Crippen LogP contribution is -2.40. The normalized spacial score (nSPS) is 21.5. The molecule has 2 aromatic carbocycles. The van der Waals surface area contributed by atoms with Crippen LogP contribution in [0.5, 0.6) is 11.5 Å². The molecule has 166 valence electrons. The van der Waals surface area contributed by atoms with E-state index in [2.05, 4.69) is 4.74 Å². The number of hydrogen-bond acceptors (Lipinski definition) is 6. The molecule has 1 fully saturated rings. The Kier molecular flexibility index (Phi) is 6.85. The molecule has 31 heavy (non-hydrogen) atoms. The van der Waals surface area contributed by atoms with Crippen molar-refractivity contribution in [3.8, 4) is 11.5 Å². The van der Waals surface area contributed by atoms with Crippen molar-refractivity contribution in [2.75, 3.05) is 27.3 Å². The summed E-state index contributed by atoms with van der Waals surface area (Å²) in [6, 6.07) is 15.4. The molecule has 0 aromatic heterocycles. The van der Waals surface area contributed by atoms with Gasteiger partial charge in [-0.3, -0.25) is 4.79 Å². The lowest BCUT2D eigenvalue weighted by molar-refractivity contribution is -0.157. The maximum Gasteiger partial charge on any atom is 0.396 e. The molecule has 2 aromatic rings. The third kappa shape index (κ3) is 4.66. The number of aliphatic hydroxyl groups is 1. The van der Waals surface area contributed by atoms with Crippen LogP contribution in [0.1, 0.15) is 30.9 Å². The van der Waals surface area contributed by atoms with E-state index in [9.17, 15) is 14.7 Å². The largest absolute Gasteiger partial charge is 0.493 e. The monoisotopic (exact) mass is 427 g/mol. The maximum absolute atomic E-state index is 12.4. The number of carbonyl (C=O) groups excluding carboxylic acids is 2. The van der Waals surface area contributed by atoms with Gasteiger partial charge in [0.25, 0.3) is 0 Å². The highest BCUT2D eigenvalue weighted by molar-refractivity contribution is 6.32. The molecule has 1 aliphatic rings. The summed E-state index contributed by atoms with van der Waals surface area (Å²) < 4.78 is 16.1. The van der Waals surface area contributed by atoms with Crippen LogP contribution in [0.4, 0.5) is 0 Å². The maximum atomic E-state index is 12.4. The van der Waals surface area contributed by atoms with Crippen molar-refractivity contribution < 1.29 is 28.9 Å². The molecule has 0 spiro atoms. The summed E-state index contributed by atoms with van der Waals surface area (Å²) in [5.74, 6) is -0.638.